The Morgan fingerprint density at radius 1 is 1.19 bits per heavy atom. The minimum Gasteiger partial charge on any atom is -0.494 e. The van der Waals surface area contributed by atoms with Gasteiger partial charge in [0.05, 0.1) is 26.3 Å². The third kappa shape index (κ3) is 6.89. The Morgan fingerprint density at radius 2 is 1.81 bits per heavy atom. The number of hydrogen-bond acceptors (Lipinski definition) is 3. The number of anilines is 1. The number of nitrogens with one attached hydrogen (secondary N) is 1. The van der Waals surface area contributed by atoms with Gasteiger partial charge in [-0.3, -0.25) is 4.79 Å². The lowest BCUT2D eigenvalue weighted by Crippen LogP contribution is -2.53. The fraction of sp³-hybridized carbons (Fsp3) is 0.650. The molecule has 0 atom stereocenters. The maximum Gasteiger partial charge on any atom is 0.279 e. The average molecular weight is 430 g/mol. The van der Waals surface area contributed by atoms with Gasteiger partial charge in [-0.15, -0.1) is 0 Å². The number of aryl methyl sites for hydroxylation is 2. The second-order valence-corrected chi connectivity index (χ2v) is 7.60. The molecule has 148 valence electrons. The molecular weight excluding hydrogens is 396 g/mol. The third-order valence-corrected chi connectivity index (χ3v) is 5.52. The van der Waals surface area contributed by atoms with Gasteiger partial charge in [-0.1, -0.05) is 15.9 Å². The molecule has 0 heterocycles. The molecule has 6 heteroatoms. The number of benzene rings is 1. The number of hydrogen-bond donors (Lipinski definition) is 2. The third-order valence-electron chi connectivity index (χ3n) is 4.96. The van der Waals surface area contributed by atoms with Crippen LogP contribution in [-0.2, 0) is 4.79 Å². The largest absolute Gasteiger partial charge is 0.494 e. The van der Waals surface area contributed by atoms with E-state index in [1.54, 1.807) is 0 Å². The lowest BCUT2D eigenvalue weighted by molar-refractivity contribution is -0.917. The summed E-state index contributed by atoms with van der Waals surface area (Å²) in [5.41, 5.74) is 2.86. The van der Waals surface area contributed by atoms with Crippen molar-refractivity contribution in [3.63, 3.8) is 0 Å². The van der Waals surface area contributed by atoms with Crippen LogP contribution >= 0.6 is 15.9 Å². The highest BCUT2D eigenvalue weighted by Crippen LogP contribution is 2.26. The molecule has 0 bridgehead atoms. The number of amides is 1. The van der Waals surface area contributed by atoms with Gasteiger partial charge >= 0.3 is 0 Å². The van der Waals surface area contributed by atoms with Gasteiger partial charge < -0.3 is 19.6 Å². The average Bonchev–Trinajstić information content (AvgIpc) is 2.61. The lowest BCUT2D eigenvalue weighted by Gasteiger charge is -2.35. The number of aliphatic hydroxyl groups is 1. The molecule has 0 radical (unpaired) electrons. The molecule has 1 aromatic rings. The number of nitrogens with zero attached hydrogens (tertiary/aromatic N) is 1. The molecule has 0 aliphatic rings. The summed E-state index contributed by atoms with van der Waals surface area (Å²) < 4.78 is 6.41. The summed E-state index contributed by atoms with van der Waals surface area (Å²) in [6.45, 7) is 11.5. The first-order valence-electron chi connectivity index (χ1n) is 9.47. The molecule has 5 nitrogen and oxygen atoms in total. The quantitative estimate of drug-likeness (QED) is 0.302. The van der Waals surface area contributed by atoms with Crippen molar-refractivity contribution in [2.75, 3.05) is 50.0 Å². The van der Waals surface area contributed by atoms with Crippen LogP contribution in [0.3, 0.4) is 0 Å². The number of ether oxygens (including phenoxy) is 1. The van der Waals surface area contributed by atoms with E-state index in [1.165, 1.54) is 0 Å². The van der Waals surface area contributed by atoms with Crippen molar-refractivity contribution in [1.82, 2.24) is 0 Å². The van der Waals surface area contributed by atoms with Gasteiger partial charge in [0.1, 0.15) is 12.3 Å². The van der Waals surface area contributed by atoms with E-state index in [1.807, 2.05) is 26.0 Å². The number of halogens is 1. The predicted molar refractivity (Wildman–Crippen MR) is 111 cm³/mol. The summed E-state index contributed by atoms with van der Waals surface area (Å²) in [5, 5.41) is 13.4. The maximum atomic E-state index is 12.6. The van der Waals surface area contributed by atoms with Crippen LogP contribution < -0.4 is 10.1 Å². The first-order chi connectivity index (χ1) is 12.4. The first kappa shape index (κ1) is 22.9. The molecule has 1 aromatic carbocycles. The molecule has 1 amide bonds. The monoisotopic (exact) mass is 429 g/mol. The topological polar surface area (TPSA) is 58.6 Å². The number of likely N-dealkylation sites (N-methyl/N-ethyl adjacent to an activating group) is 1. The zero-order valence-electron chi connectivity index (χ0n) is 16.6. The van der Waals surface area contributed by atoms with Gasteiger partial charge in [-0.25, -0.2) is 0 Å². The van der Waals surface area contributed by atoms with Gasteiger partial charge in [-0.2, -0.15) is 0 Å². The molecule has 0 spiro atoms. The van der Waals surface area contributed by atoms with Crippen LogP contribution in [0.15, 0.2) is 12.1 Å². The minimum absolute atomic E-state index is 0.0145. The molecule has 2 N–H and O–H groups in total. The Bertz CT molecular complexity index is 551. The Morgan fingerprint density at radius 3 is 2.31 bits per heavy atom. The van der Waals surface area contributed by atoms with E-state index >= 15 is 0 Å². The van der Waals surface area contributed by atoms with Crippen LogP contribution in [0, 0.1) is 13.8 Å². The number of carbonyl (C=O) groups is 1. The van der Waals surface area contributed by atoms with Crippen molar-refractivity contribution in [3.8, 4) is 5.75 Å². The smallest absolute Gasteiger partial charge is 0.279 e. The van der Waals surface area contributed by atoms with Crippen molar-refractivity contribution in [2.45, 2.75) is 40.5 Å². The molecule has 0 saturated heterocycles. The van der Waals surface area contributed by atoms with E-state index in [0.717, 1.165) is 53.8 Å². The van der Waals surface area contributed by atoms with Gasteiger partial charge in [0.25, 0.3) is 5.91 Å². The highest BCUT2D eigenvalue weighted by molar-refractivity contribution is 9.09. The van der Waals surface area contributed by atoms with Gasteiger partial charge in [-0.05, 0) is 63.8 Å². The first-order valence-corrected chi connectivity index (χ1v) is 10.6. The summed E-state index contributed by atoms with van der Waals surface area (Å²) in [6, 6.07) is 3.96. The van der Waals surface area contributed by atoms with Crippen molar-refractivity contribution >= 4 is 27.5 Å². The van der Waals surface area contributed by atoms with E-state index in [9.17, 15) is 9.90 Å². The number of alkyl halides is 1. The van der Waals surface area contributed by atoms with Crippen molar-refractivity contribution in [3.05, 3.63) is 23.3 Å². The van der Waals surface area contributed by atoms with Crippen LogP contribution in [0.4, 0.5) is 5.69 Å². The normalized spacial score (nSPS) is 11.5. The molecule has 0 fully saturated rings. The Hall–Kier alpha value is -1.11. The van der Waals surface area contributed by atoms with Crippen LogP contribution in [0.5, 0.6) is 5.75 Å². The fourth-order valence-electron chi connectivity index (χ4n) is 3.13. The highest BCUT2D eigenvalue weighted by Gasteiger charge is 2.26. The van der Waals surface area contributed by atoms with Crippen LogP contribution in [0.25, 0.3) is 0 Å². The van der Waals surface area contributed by atoms with E-state index in [-0.39, 0.29) is 12.5 Å². The van der Waals surface area contributed by atoms with Crippen LogP contribution in [-0.4, -0.2) is 60.2 Å². The summed E-state index contributed by atoms with van der Waals surface area (Å²) in [4.78, 5) is 12.6. The molecule has 26 heavy (non-hydrogen) atoms. The van der Waals surface area contributed by atoms with Crippen LogP contribution in [0.1, 0.15) is 37.8 Å². The van der Waals surface area contributed by atoms with Gasteiger partial charge in [0.2, 0.25) is 0 Å². The molecular formula is C20H34BrN2O3+. The Labute approximate surface area is 166 Å². The molecule has 0 unspecified atom stereocenters. The standard InChI is InChI=1S/C20H33BrN2O3/c1-5-23(6-2,10-11-24)15-19(25)22-20-16(3)13-18(14-17(20)4)26-12-8-7-9-21/h13-14,24H,5-12,15H2,1-4H3/p+1. The van der Waals surface area contributed by atoms with Crippen LogP contribution in [0.2, 0.25) is 0 Å². The molecule has 0 saturated carbocycles. The Balaban J connectivity index is 2.78. The number of aliphatic hydroxyl groups excluding tert-OH is 1. The summed E-state index contributed by atoms with van der Waals surface area (Å²) in [5.74, 6) is 0.833. The number of unbranched alkanes of at least 4 members (excludes halogenated alkanes) is 1. The number of quaternary nitrogens is 1. The maximum absolute atomic E-state index is 12.6. The predicted octanol–water partition coefficient (Wildman–Crippen LogP) is 3.64. The summed E-state index contributed by atoms with van der Waals surface area (Å²) >= 11 is 3.42. The molecule has 1 rings (SSSR count). The van der Waals surface area contributed by atoms with E-state index < -0.39 is 0 Å². The number of rotatable bonds is 12. The summed E-state index contributed by atoms with van der Waals surface area (Å²) in [6.07, 6.45) is 2.11. The second-order valence-electron chi connectivity index (χ2n) is 6.80. The second kappa shape index (κ2) is 11.6. The van der Waals surface area contributed by atoms with Crippen molar-refractivity contribution < 1.29 is 19.1 Å². The van der Waals surface area contributed by atoms with E-state index in [0.29, 0.717) is 24.2 Å². The zero-order chi connectivity index (χ0) is 19.6. The SMILES string of the molecule is CC[N+](CC)(CCO)CC(=O)Nc1c(C)cc(OCCCCBr)cc1C. The lowest BCUT2D eigenvalue weighted by atomic mass is 10.1. The van der Waals surface area contributed by atoms with E-state index in [2.05, 4.69) is 35.1 Å². The highest BCUT2D eigenvalue weighted by atomic mass is 79.9. The zero-order valence-corrected chi connectivity index (χ0v) is 18.2. The summed E-state index contributed by atoms with van der Waals surface area (Å²) in [7, 11) is 0. The van der Waals surface area contributed by atoms with Gasteiger partial charge in [0, 0.05) is 11.0 Å². The molecule has 0 aliphatic heterocycles. The Kier molecular flexibility index (Phi) is 10.2. The van der Waals surface area contributed by atoms with Crippen molar-refractivity contribution in [1.29, 1.82) is 0 Å². The number of carbonyl (C=O) groups excluding carboxylic acids is 1. The molecule has 0 aliphatic carbocycles. The van der Waals surface area contributed by atoms with Gasteiger partial charge in [0.15, 0.2) is 6.54 Å². The minimum atomic E-state index is -0.0145. The fourth-order valence-corrected chi connectivity index (χ4v) is 3.53. The van der Waals surface area contributed by atoms with Crippen molar-refractivity contribution in [2.24, 2.45) is 0 Å². The van der Waals surface area contributed by atoms with E-state index in [4.69, 9.17) is 4.74 Å². The molecule has 0 aromatic heterocycles.